The third kappa shape index (κ3) is 5.59. The summed E-state index contributed by atoms with van der Waals surface area (Å²) >= 11 is 6.00. The van der Waals surface area contributed by atoms with Crippen LogP contribution in [-0.2, 0) is 10.0 Å². The first-order valence-corrected chi connectivity index (χ1v) is 12.0. The zero-order chi connectivity index (χ0) is 24.3. The summed E-state index contributed by atoms with van der Waals surface area (Å²) in [6, 6.07) is 6.12. The van der Waals surface area contributed by atoms with Crippen molar-refractivity contribution in [1.29, 1.82) is 0 Å². The number of pyridine rings is 2. The first-order valence-electron chi connectivity index (χ1n) is 10.1. The monoisotopic (exact) mass is 494 g/mol. The van der Waals surface area contributed by atoms with E-state index < -0.39 is 27.4 Å². The van der Waals surface area contributed by atoms with Crippen LogP contribution in [-0.4, -0.2) is 36.1 Å². The van der Waals surface area contributed by atoms with Gasteiger partial charge in [-0.05, 0) is 43.2 Å². The number of aliphatic hydroxyl groups is 1. The molecule has 2 heterocycles. The third-order valence-electron chi connectivity index (χ3n) is 4.84. The van der Waals surface area contributed by atoms with Crippen molar-refractivity contribution in [1.82, 2.24) is 14.7 Å². The number of aliphatic hydroxyl groups excluding tert-OH is 1. The van der Waals surface area contributed by atoms with Gasteiger partial charge in [0.25, 0.3) is 5.56 Å². The molecule has 8 nitrogen and oxygen atoms in total. The van der Waals surface area contributed by atoms with Crippen LogP contribution < -0.4 is 15.6 Å². The molecular formula is C22H24ClFN4O4S. The molecular weight excluding hydrogens is 471 g/mol. The Kier molecular flexibility index (Phi) is 7.53. The maximum atomic E-state index is 14.5. The van der Waals surface area contributed by atoms with E-state index in [-0.39, 0.29) is 39.3 Å². The van der Waals surface area contributed by atoms with Crippen LogP contribution in [0.5, 0.6) is 0 Å². The largest absolute Gasteiger partial charge is 0.395 e. The van der Waals surface area contributed by atoms with Crippen molar-refractivity contribution in [3.05, 3.63) is 69.6 Å². The Labute approximate surface area is 195 Å². The van der Waals surface area contributed by atoms with Crippen LogP contribution in [0, 0.1) is 5.82 Å². The summed E-state index contributed by atoms with van der Waals surface area (Å²) in [5.41, 5.74) is 0.621. The molecule has 0 bridgehead atoms. The predicted octanol–water partition coefficient (Wildman–Crippen LogP) is 3.76. The molecule has 3 rings (SSSR count). The van der Waals surface area contributed by atoms with Gasteiger partial charge >= 0.3 is 0 Å². The highest BCUT2D eigenvalue weighted by Crippen LogP contribution is 2.32. The van der Waals surface area contributed by atoms with Gasteiger partial charge in [0.2, 0.25) is 10.0 Å². The second kappa shape index (κ2) is 10.0. The molecule has 33 heavy (non-hydrogen) atoms. The smallest absolute Gasteiger partial charge is 0.256 e. The number of nitrogens with one attached hydrogen (secondary N) is 3. The number of H-pyrrole nitrogens is 1. The summed E-state index contributed by atoms with van der Waals surface area (Å²) in [6.45, 7) is 4.84. The number of benzene rings is 1. The summed E-state index contributed by atoms with van der Waals surface area (Å²) in [5.74, 6) is -0.768. The van der Waals surface area contributed by atoms with Gasteiger partial charge in [0.15, 0.2) is 0 Å². The molecule has 0 aliphatic rings. The van der Waals surface area contributed by atoms with Crippen LogP contribution in [0.4, 0.5) is 15.8 Å². The Morgan fingerprint density at radius 3 is 2.55 bits per heavy atom. The molecule has 0 radical (unpaired) electrons. The van der Waals surface area contributed by atoms with Gasteiger partial charge in [-0.25, -0.2) is 17.5 Å². The molecule has 11 heteroatoms. The van der Waals surface area contributed by atoms with Gasteiger partial charge in [-0.1, -0.05) is 25.4 Å². The van der Waals surface area contributed by atoms with E-state index in [9.17, 15) is 22.7 Å². The van der Waals surface area contributed by atoms with E-state index in [1.807, 2.05) is 13.8 Å². The lowest BCUT2D eigenvalue weighted by Gasteiger charge is -2.19. The molecule has 176 valence electrons. The summed E-state index contributed by atoms with van der Waals surface area (Å²) in [6.07, 6.45) is 2.59. The molecule has 0 saturated carbocycles. The van der Waals surface area contributed by atoms with E-state index in [1.54, 1.807) is 0 Å². The number of sulfonamides is 1. The van der Waals surface area contributed by atoms with Gasteiger partial charge in [-0.3, -0.25) is 9.78 Å². The fourth-order valence-electron chi connectivity index (χ4n) is 3.22. The third-order valence-corrected chi connectivity index (χ3v) is 6.69. The number of nitrogens with zero attached hydrogens (tertiary/aromatic N) is 1. The Hall–Kier alpha value is -2.79. The lowest BCUT2D eigenvalue weighted by atomic mass is 10.0. The van der Waals surface area contributed by atoms with Gasteiger partial charge in [0, 0.05) is 34.7 Å². The van der Waals surface area contributed by atoms with Gasteiger partial charge < -0.3 is 15.4 Å². The molecule has 0 aliphatic carbocycles. The molecule has 3 aromatic rings. The lowest BCUT2D eigenvalue weighted by molar-refractivity contribution is 0.265. The minimum absolute atomic E-state index is 0.0168. The molecule has 4 N–H and O–H groups in total. The van der Waals surface area contributed by atoms with Crippen LogP contribution in [0.15, 0.2) is 52.4 Å². The number of aromatic amines is 1. The standard InChI is InChI=1S/C22H24ClFN4O4S/c1-12(2)21-19(9-16(22(30)27-21)15-8-14(23)4-5-17(15)24)26-18-6-7-25-10-20(18)33(31,32)28-13(3)11-29/h4-10,12-13,28-29H,11H2,1-3H3,(H,25,26)(H,27,30). The lowest BCUT2D eigenvalue weighted by Crippen LogP contribution is -2.35. The number of halogens is 2. The number of rotatable bonds is 8. The molecule has 2 aromatic heterocycles. The van der Waals surface area contributed by atoms with E-state index in [0.717, 1.165) is 0 Å². The Balaban J connectivity index is 2.15. The van der Waals surface area contributed by atoms with Gasteiger partial charge in [0.05, 0.1) is 23.5 Å². The summed E-state index contributed by atoms with van der Waals surface area (Å²) in [4.78, 5) is 19.3. The Morgan fingerprint density at radius 1 is 1.15 bits per heavy atom. The normalized spacial score (nSPS) is 12.7. The summed E-state index contributed by atoms with van der Waals surface area (Å²) in [5, 5.41) is 12.5. The molecule has 0 spiro atoms. The van der Waals surface area contributed by atoms with Crippen LogP contribution >= 0.6 is 11.6 Å². The highest BCUT2D eigenvalue weighted by Gasteiger charge is 2.23. The van der Waals surface area contributed by atoms with E-state index in [1.165, 1.54) is 49.6 Å². The summed E-state index contributed by atoms with van der Waals surface area (Å²) in [7, 11) is -4.02. The average molecular weight is 495 g/mol. The Bertz CT molecular complexity index is 1330. The predicted molar refractivity (Wildman–Crippen MR) is 126 cm³/mol. The molecule has 1 atom stereocenters. The fraction of sp³-hybridized carbons (Fsp3) is 0.273. The molecule has 1 aromatic carbocycles. The molecule has 1 unspecified atom stereocenters. The highest BCUT2D eigenvalue weighted by molar-refractivity contribution is 7.89. The zero-order valence-electron chi connectivity index (χ0n) is 18.2. The van der Waals surface area contributed by atoms with E-state index >= 15 is 0 Å². The van der Waals surface area contributed by atoms with Crippen molar-refractivity contribution in [3.63, 3.8) is 0 Å². The number of anilines is 2. The van der Waals surface area contributed by atoms with E-state index in [0.29, 0.717) is 11.4 Å². The van der Waals surface area contributed by atoms with E-state index in [2.05, 4.69) is 20.0 Å². The van der Waals surface area contributed by atoms with Crippen LogP contribution in [0.3, 0.4) is 0 Å². The van der Waals surface area contributed by atoms with Crippen molar-refractivity contribution in [2.75, 3.05) is 11.9 Å². The van der Waals surface area contributed by atoms with Crippen molar-refractivity contribution in [2.24, 2.45) is 0 Å². The maximum absolute atomic E-state index is 14.5. The minimum Gasteiger partial charge on any atom is -0.395 e. The zero-order valence-corrected chi connectivity index (χ0v) is 19.8. The number of hydrogen-bond acceptors (Lipinski definition) is 6. The topological polar surface area (TPSA) is 124 Å². The Morgan fingerprint density at radius 2 is 1.88 bits per heavy atom. The van der Waals surface area contributed by atoms with Gasteiger partial charge in [-0.2, -0.15) is 0 Å². The maximum Gasteiger partial charge on any atom is 0.256 e. The molecule has 0 amide bonds. The molecule has 0 saturated heterocycles. The second-order valence-corrected chi connectivity index (χ2v) is 9.94. The van der Waals surface area contributed by atoms with Crippen molar-refractivity contribution in [2.45, 2.75) is 37.6 Å². The number of hydrogen-bond donors (Lipinski definition) is 4. The average Bonchev–Trinajstić information content (AvgIpc) is 2.76. The first-order chi connectivity index (χ1) is 15.5. The van der Waals surface area contributed by atoms with Gasteiger partial charge in [0.1, 0.15) is 10.7 Å². The molecule has 0 fully saturated rings. The quantitative estimate of drug-likeness (QED) is 0.378. The van der Waals surface area contributed by atoms with Crippen molar-refractivity contribution in [3.8, 4) is 11.1 Å². The van der Waals surface area contributed by atoms with Crippen LogP contribution in [0.1, 0.15) is 32.4 Å². The van der Waals surface area contributed by atoms with Crippen molar-refractivity contribution < 1.29 is 17.9 Å². The molecule has 0 aliphatic heterocycles. The number of aromatic nitrogens is 2. The van der Waals surface area contributed by atoms with Crippen LogP contribution in [0.2, 0.25) is 5.02 Å². The van der Waals surface area contributed by atoms with Crippen LogP contribution in [0.25, 0.3) is 11.1 Å². The minimum atomic E-state index is -4.02. The van der Waals surface area contributed by atoms with Gasteiger partial charge in [-0.15, -0.1) is 0 Å². The fourth-order valence-corrected chi connectivity index (χ4v) is 4.73. The first kappa shape index (κ1) is 24.8. The summed E-state index contributed by atoms with van der Waals surface area (Å²) < 4.78 is 42.5. The SMILES string of the molecule is CC(CO)NS(=O)(=O)c1cnccc1Nc1cc(-c2cc(Cl)ccc2F)c(=O)[nH]c1C(C)C. The van der Waals surface area contributed by atoms with E-state index in [4.69, 9.17) is 11.6 Å². The second-order valence-electron chi connectivity index (χ2n) is 7.82. The highest BCUT2D eigenvalue weighted by atomic mass is 35.5. The van der Waals surface area contributed by atoms with Crippen molar-refractivity contribution >= 4 is 33.0 Å².